The van der Waals surface area contributed by atoms with E-state index in [-0.39, 0.29) is 17.2 Å². The van der Waals surface area contributed by atoms with Crippen molar-refractivity contribution in [3.8, 4) is 0 Å². The van der Waals surface area contributed by atoms with Crippen LogP contribution in [0.15, 0.2) is 29.2 Å². The average Bonchev–Trinajstić information content (AvgIpc) is 2.29. The zero-order valence-corrected chi connectivity index (χ0v) is 10.5. The molecular weight excluding hydrogens is 238 g/mol. The van der Waals surface area contributed by atoms with Crippen LogP contribution in [0.3, 0.4) is 0 Å². The van der Waals surface area contributed by atoms with Crippen LogP contribution in [0.1, 0.15) is 18.4 Å². The number of rotatable bonds is 2. The summed E-state index contributed by atoms with van der Waals surface area (Å²) in [4.78, 5) is 11.6. The minimum absolute atomic E-state index is 0.00696. The lowest BCUT2D eigenvalue weighted by Crippen LogP contribution is -2.40. The largest absolute Gasteiger partial charge is 0.298 e. The maximum atomic E-state index is 12.3. The zero-order valence-electron chi connectivity index (χ0n) is 9.72. The van der Waals surface area contributed by atoms with Crippen LogP contribution >= 0.6 is 0 Å². The summed E-state index contributed by atoms with van der Waals surface area (Å²) >= 11 is 0. The lowest BCUT2D eigenvalue weighted by molar-refractivity contribution is -0.120. The highest BCUT2D eigenvalue weighted by molar-refractivity contribution is 7.89. The van der Waals surface area contributed by atoms with Crippen molar-refractivity contribution in [1.29, 1.82) is 0 Å². The second kappa shape index (κ2) is 4.58. The fraction of sp³-hybridized carbons (Fsp3) is 0.417. The number of ketones is 1. The second-order valence-corrected chi connectivity index (χ2v) is 6.24. The van der Waals surface area contributed by atoms with E-state index >= 15 is 0 Å². The van der Waals surface area contributed by atoms with Gasteiger partial charge in [-0.25, -0.2) is 8.42 Å². The monoisotopic (exact) mass is 253 g/mol. The first-order valence-electron chi connectivity index (χ1n) is 5.59. The Labute approximate surface area is 101 Å². The lowest BCUT2D eigenvalue weighted by Gasteiger charge is -2.25. The number of sulfonamides is 1. The van der Waals surface area contributed by atoms with Crippen molar-refractivity contribution in [2.45, 2.75) is 24.7 Å². The van der Waals surface area contributed by atoms with Gasteiger partial charge in [0.15, 0.2) is 0 Å². The zero-order chi connectivity index (χ0) is 12.5. The van der Waals surface area contributed by atoms with Gasteiger partial charge in [-0.05, 0) is 31.0 Å². The van der Waals surface area contributed by atoms with Crippen LogP contribution in [0.4, 0.5) is 0 Å². The Hall–Kier alpha value is -1.20. The number of hydrogen-bond donors (Lipinski definition) is 0. The predicted octanol–water partition coefficient (Wildman–Crippen LogP) is 1.35. The Balaban J connectivity index is 2.33. The van der Waals surface area contributed by atoms with Gasteiger partial charge in [-0.2, -0.15) is 4.31 Å². The smallest absolute Gasteiger partial charge is 0.243 e. The summed E-state index contributed by atoms with van der Waals surface area (Å²) < 4.78 is 25.8. The normalized spacial score (nSPS) is 18.3. The minimum Gasteiger partial charge on any atom is -0.298 e. The maximum absolute atomic E-state index is 12.3. The molecule has 2 rings (SSSR count). The third kappa shape index (κ3) is 2.56. The Morgan fingerprint density at radius 2 is 2.06 bits per heavy atom. The molecule has 1 aliphatic rings. The van der Waals surface area contributed by atoms with Crippen LogP contribution in [-0.2, 0) is 14.8 Å². The van der Waals surface area contributed by atoms with E-state index in [0.29, 0.717) is 19.4 Å². The fourth-order valence-corrected chi connectivity index (χ4v) is 3.50. The average molecular weight is 253 g/mol. The summed E-state index contributed by atoms with van der Waals surface area (Å²) in [5.41, 5.74) is 0.898. The van der Waals surface area contributed by atoms with Gasteiger partial charge in [0.1, 0.15) is 5.78 Å². The van der Waals surface area contributed by atoms with Gasteiger partial charge < -0.3 is 0 Å². The number of hydrogen-bond acceptors (Lipinski definition) is 3. The molecule has 1 aromatic rings. The van der Waals surface area contributed by atoms with E-state index in [0.717, 1.165) is 5.56 Å². The summed E-state index contributed by atoms with van der Waals surface area (Å²) in [6.45, 7) is 2.29. The Morgan fingerprint density at radius 3 is 2.71 bits per heavy atom. The lowest BCUT2D eigenvalue weighted by atomic mass is 10.1. The van der Waals surface area contributed by atoms with E-state index in [1.54, 1.807) is 18.2 Å². The van der Waals surface area contributed by atoms with E-state index < -0.39 is 10.0 Å². The molecule has 0 saturated carbocycles. The number of Topliss-reactive ketones (excluding diaryl/α,β-unsaturated/α-hetero) is 1. The van der Waals surface area contributed by atoms with Crippen LogP contribution in [0, 0.1) is 6.92 Å². The summed E-state index contributed by atoms with van der Waals surface area (Å²) in [5.74, 6) is -0.00696. The van der Waals surface area contributed by atoms with Crippen LogP contribution < -0.4 is 0 Å². The molecule has 0 aromatic heterocycles. The summed E-state index contributed by atoms with van der Waals surface area (Å²) in [6.07, 6.45) is 1.10. The van der Waals surface area contributed by atoms with Gasteiger partial charge in [-0.1, -0.05) is 12.1 Å². The quantitative estimate of drug-likeness (QED) is 0.799. The first kappa shape index (κ1) is 12.3. The Bertz CT molecular complexity index is 536. The van der Waals surface area contributed by atoms with Crippen LogP contribution in [0.25, 0.3) is 0 Å². The molecule has 5 heteroatoms. The highest BCUT2D eigenvalue weighted by atomic mass is 32.2. The molecule has 0 N–H and O–H groups in total. The maximum Gasteiger partial charge on any atom is 0.243 e. The molecule has 0 unspecified atom stereocenters. The van der Waals surface area contributed by atoms with Gasteiger partial charge in [0, 0.05) is 13.0 Å². The first-order chi connectivity index (χ1) is 8.00. The minimum atomic E-state index is -3.50. The SMILES string of the molecule is Cc1cccc(S(=O)(=O)N2CCCC(=O)C2)c1. The number of benzene rings is 1. The molecule has 0 amide bonds. The molecule has 1 aliphatic heterocycles. The van der Waals surface area contributed by atoms with E-state index in [9.17, 15) is 13.2 Å². The van der Waals surface area contributed by atoms with Crippen LogP contribution in [-0.4, -0.2) is 31.6 Å². The van der Waals surface area contributed by atoms with E-state index in [4.69, 9.17) is 0 Å². The number of carbonyl (C=O) groups is 1. The van der Waals surface area contributed by atoms with E-state index in [2.05, 4.69) is 0 Å². The van der Waals surface area contributed by atoms with Crippen molar-refractivity contribution in [2.75, 3.05) is 13.1 Å². The third-order valence-corrected chi connectivity index (χ3v) is 4.68. The van der Waals surface area contributed by atoms with Crippen LogP contribution in [0.5, 0.6) is 0 Å². The number of aryl methyl sites for hydroxylation is 1. The van der Waals surface area contributed by atoms with E-state index in [1.165, 1.54) is 4.31 Å². The first-order valence-corrected chi connectivity index (χ1v) is 7.03. The number of nitrogens with zero attached hydrogens (tertiary/aromatic N) is 1. The number of carbonyl (C=O) groups excluding carboxylic acids is 1. The third-order valence-electron chi connectivity index (χ3n) is 2.84. The molecule has 0 bridgehead atoms. The molecule has 1 aromatic carbocycles. The summed E-state index contributed by atoms with van der Waals surface area (Å²) in [6, 6.07) is 6.77. The van der Waals surface area contributed by atoms with Crippen molar-refractivity contribution in [3.05, 3.63) is 29.8 Å². The molecule has 0 radical (unpaired) electrons. The molecule has 1 fully saturated rings. The topological polar surface area (TPSA) is 54.5 Å². The van der Waals surface area contributed by atoms with Crippen molar-refractivity contribution in [1.82, 2.24) is 4.31 Å². The fourth-order valence-electron chi connectivity index (χ4n) is 1.94. The molecule has 1 heterocycles. The van der Waals surface area contributed by atoms with Gasteiger partial charge in [0.05, 0.1) is 11.4 Å². The second-order valence-electron chi connectivity index (χ2n) is 4.30. The summed E-state index contributed by atoms with van der Waals surface area (Å²) in [5, 5.41) is 0. The highest BCUT2D eigenvalue weighted by Gasteiger charge is 2.28. The molecule has 0 aliphatic carbocycles. The standard InChI is InChI=1S/C12H15NO3S/c1-10-4-2-6-12(8-10)17(15,16)13-7-3-5-11(14)9-13/h2,4,6,8H,3,5,7,9H2,1H3. The molecule has 4 nitrogen and oxygen atoms in total. The Kier molecular flexibility index (Phi) is 3.31. The van der Waals surface area contributed by atoms with Gasteiger partial charge in [0.2, 0.25) is 10.0 Å². The highest BCUT2D eigenvalue weighted by Crippen LogP contribution is 2.19. The number of piperidine rings is 1. The van der Waals surface area contributed by atoms with Crippen LogP contribution in [0.2, 0.25) is 0 Å². The molecule has 92 valence electrons. The molecule has 1 saturated heterocycles. The van der Waals surface area contributed by atoms with Crippen molar-refractivity contribution < 1.29 is 13.2 Å². The predicted molar refractivity (Wildman–Crippen MR) is 64.2 cm³/mol. The van der Waals surface area contributed by atoms with Crippen molar-refractivity contribution in [2.24, 2.45) is 0 Å². The van der Waals surface area contributed by atoms with Crippen molar-refractivity contribution >= 4 is 15.8 Å². The van der Waals surface area contributed by atoms with Gasteiger partial charge >= 0.3 is 0 Å². The van der Waals surface area contributed by atoms with Gasteiger partial charge in [0.25, 0.3) is 0 Å². The van der Waals surface area contributed by atoms with Crippen molar-refractivity contribution in [3.63, 3.8) is 0 Å². The summed E-state index contributed by atoms with van der Waals surface area (Å²) in [7, 11) is -3.50. The van der Waals surface area contributed by atoms with Gasteiger partial charge in [-0.15, -0.1) is 0 Å². The molecular formula is C12H15NO3S. The van der Waals surface area contributed by atoms with Gasteiger partial charge in [-0.3, -0.25) is 4.79 Å². The molecule has 17 heavy (non-hydrogen) atoms. The molecule has 0 atom stereocenters. The Morgan fingerprint density at radius 1 is 1.29 bits per heavy atom. The molecule has 0 spiro atoms. The van der Waals surface area contributed by atoms with E-state index in [1.807, 2.05) is 13.0 Å².